The summed E-state index contributed by atoms with van der Waals surface area (Å²) in [5.41, 5.74) is 4.70. The van der Waals surface area contributed by atoms with Gasteiger partial charge in [-0.05, 0) is 12.1 Å². The van der Waals surface area contributed by atoms with Crippen LogP contribution < -0.4 is 5.73 Å². The van der Waals surface area contributed by atoms with Crippen molar-refractivity contribution in [1.82, 2.24) is 9.78 Å². The number of benzene rings is 1. The SMILES string of the molecule is CC(C)(C)c1nn(-c2ccc(F)cc2F)c(N)c1[N+](=O)[O-]. The lowest BCUT2D eigenvalue weighted by atomic mass is 9.91. The van der Waals surface area contributed by atoms with E-state index in [1.165, 1.54) is 0 Å². The van der Waals surface area contributed by atoms with Gasteiger partial charge >= 0.3 is 5.69 Å². The molecule has 21 heavy (non-hydrogen) atoms. The number of hydrogen-bond donors (Lipinski definition) is 1. The molecule has 2 N–H and O–H groups in total. The van der Waals surface area contributed by atoms with Crippen LogP contribution in [0.15, 0.2) is 18.2 Å². The second kappa shape index (κ2) is 4.80. The van der Waals surface area contributed by atoms with E-state index in [9.17, 15) is 18.9 Å². The number of rotatable bonds is 2. The number of anilines is 1. The summed E-state index contributed by atoms with van der Waals surface area (Å²) < 4.78 is 27.7. The van der Waals surface area contributed by atoms with E-state index in [0.29, 0.717) is 6.07 Å². The predicted molar refractivity (Wildman–Crippen MR) is 73.2 cm³/mol. The van der Waals surface area contributed by atoms with Crippen LogP contribution in [-0.2, 0) is 5.41 Å². The normalized spacial score (nSPS) is 11.7. The molecule has 0 bridgehead atoms. The van der Waals surface area contributed by atoms with Gasteiger partial charge in [0.05, 0.1) is 4.92 Å². The quantitative estimate of drug-likeness (QED) is 0.681. The molecule has 0 aliphatic carbocycles. The Morgan fingerprint density at radius 3 is 2.38 bits per heavy atom. The highest BCUT2D eigenvalue weighted by molar-refractivity contribution is 5.61. The number of nitrogen functional groups attached to an aromatic ring is 1. The highest BCUT2D eigenvalue weighted by Gasteiger charge is 2.34. The number of aromatic nitrogens is 2. The molecule has 0 fully saturated rings. The van der Waals surface area contributed by atoms with E-state index >= 15 is 0 Å². The van der Waals surface area contributed by atoms with E-state index in [2.05, 4.69) is 5.10 Å². The standard InChI is InChI=1S/C13H14F2N4O2/c1-13(2,3)11-10(19(20)21)12(16)18(17-11)9-5-4-7(14)6-8(9)15/h4-6H,16H2,1-3H3. The van der Waals surface area contributed by atoms with Crippen molar-refractivity contribution in [3.63, 3.8) is 0 Å². The Labute approximate surface area is 119 Å². The van der Waals surface area contributed by atoms with Gasteiger partial charge in [-0.25, -0.2) is 13.5 Å². The Bertz CT molecular complexity index is 720. The van der Waals surface area contributed by atoms with Crippen molar-refractivity contribution < 1.29 is 13.7 Å². The average Bonchev–Trinajstić information content (AvgIpc) is 2.67. The smallest absolute Gasteiger partial charge is 0.334 e. The molecule has 6 nitrogen and oxygen atoms in total. The Kier molecular flexibility index (Phi) is 3.40. The van der Waals surface area contributed by atoms with Gasteiger partial charge in [0.25, 0.3) is 0 Å². The Balaban J connectivity index is 2.74. The van der Waals surface area contributed by atoms with Crippen LogP contribution >= 0.6 is 0 Å². The minimum atomic E-state index is -0.903. The molecule has 2 rings (SSSR count). The lowest BCUT2D eigenvalue weighted by Crippen LogP contribution is -2.14. The van der Waals surface area contributed by atoms with Crippen molar-refractivity contribution in [2.75, 3.05) is 5.73 Å². The lowest BCUT2D eigenvalue weighted by Gasteiger charge is -2.13. The van der Waals surface area contributed by atoms with Gasteiger partial charge in [-0.2, -0.15) is 5.10 Å². The molecule has 1 heterocycles. The topological polar surface area (TPSA) is 87.0 Å². The van der Waals surface area contributed by atoms with Crippen LogP contribution in [0.5, 0.6) is 0 Å². The second-order valence-electron chi connectivity index (χ2n) is 5.60. The molecule has 0 atom stereocenters. The van der Waals surface area contributed by atoms with Gasteiger partial charge < -0.3 is 5.73 Å². The maximum atomic E-state index is 13.8. The third-order valence-electron chi connectivity index (χ3n) is 2.93. The molecule has 112 valence electrons. The zero-order valence-electron chi connectivity index (χ0n) is 11.7. The van der Waals surface area contributed by atoms with E-state index < -0.39 is 22.0 Å². The van der Waals surface area contributed by atoms with Gasteiger partial charge in [-0.1, -0.05) is 20.8 Å². The third-order valence-corrected chi connectivity index (χ3v) is 2.93. The summed E-state index contributed by atoms with van der Waals surface area (Å²) >= 11 is 0. The van der Waals surface area contributed by atoms with Crippen LogP contribution in [-0.4, -0.2) is 14.7 Å². The molecule has 0 amide bonds. The summed E-state index contributed by atoms with van der Waals surface area (Å²) in [7, 11) is 0. The molecule has 1 aromatic heterocycles. The van der Waals surface area contributed by atoms with Gasteiger partial charge in [0.2, 0.25) is 5.82 Å². The fourth-order valence-corrected chi connectivity index (χ4v) is 1.94. The molecule has 0 unspecified atom stereocenters. The van der Waals surface area contributed by atoms with E-state index in [1.807, 2.05) is 0 Å². The van der Waals surface area contributed by atoms with Crippen LogP contribution in [0.3, 0.4) is 0 Å². The molecule has 0 saturated heterocycles. The first-order valence-corrected chi connectivity index (χ1v) is 6.11. The maximum absolute atomic E-state index is 13.8. The van der Waals surface area contributed by atoms with E-state index in [0.717, 1.165) is 16.8 Å². The monoisotopic (exact) mass is 296 g/mol. The Hall–Kier alpha value is -2.51. The third kappa shape index (κ3) is 2.56. The highest BCUT2D eigenvalue weighted by atomic mass is 19.1. The number of halogens is 2. The minimum Gasteiger partial charge on any atom is -0.378 e. The fourth-order valence-electron chi connectivity index (χ4n) is 1.94. The molecule has 2 aromatic rings. The van der Waals surface area contributed by atoms with Crippen LogP contribution in [0.25, 0.3) is 5.69 Å². The zero-order chi connectivity index (χ0) is 15.9. The lowest BCUT2D eigenvalue weighted by molar-refractivity contribution is -0.385. The molecular formula is C13H14F2N4O2. The van der Waals surface area contributed by atoms with Crippen LogP contribution in [0.2, 0.25) is 0 Å². The van der Waals surface area contributed by atoms with Crippen molar-refractivity contribution in [2.45, 2.75) is 26.2 Å². The number of nitrogens with two attached hydrogens (primary N) is 1. The van der Waals surface area contributed by atoms with Gasteiger partial charge in [0.1, 0.15) is 17.2 Å². The highest BCUT2D eigenvalue weighted by Crippen LogP contribution is 2.36. The summed E-state index contributed by atoms with van der Waals surface area (Å²) in [6.45, 7) is 5.19. The van der Waals surface area contributed by atoms with Crippen LogP contribution in [0.4, 0.5) is 20.3 Å². The number of nitro groups is 1. The fraction of sp³-hybridized carbons (Fsp3) is 0.308. The van der Waals surface area contributed by atoms with E-state index in [4.69, 9.17) is 5.73 Å². The first kappa shape index (κ1) is 14.9. The maximum Gasteiger partial charge on any atom is 0.334 e. The first-order valence-electron chi connectivity index (χ1n) is 6.11. The molecule has 1 aromatic carbocycles. The number of nitrogens with zero attached hydrogens (tertiary/aromatic N) is 3. The van der Waals surface area contributed by atoms with Crippen LogP contribution in [0.1, 0.15) is 26.5 Å². The van der Waals surface area contributed by atoms with Crippen molar-refractivity contribution in [3.05, 3.63) is 45.6 Å². The largest absolute Gasteiger partial charge is 0.378 e. The van der Waals surface area contributed by atoms with Crippen molar-refractivity contribution >= 4 is 11.5 Å². The number of hydrogen-bond acceptors (Lipinski definition) is 4. The molecule has 0 saturated carbocycles. The van der Waals surface area contributed by atoms with Gasteiger partial charge in [0, 0.05) is 11.5 Å². The molecule has 0 aliphatic heterocycles. The van der Waals surface area contributed by atoms with Crippen molar-refractivity contribution in [1.29, 1.82) is 0 Å². The van der Waals surface area contributed by atoms with Gasteiger partial charge in [0.15, 0.2) is 5.82 Å². The molecule has 8 heteroatoms. The predicted octanol–water partition coefficient (Wildman–Crippen LogP) is 2.94. The molecular weight excluding hydrogens is 282 g/mol. The molecule has 0 spiro atoms. The summed E-state index contributed by atoms with van der Waals surface area (Å²) in [5.74, 6) is -1.96. The summed E-state index contributed by atoms with van der Waals surface area (Å²) in [5, 5.41) is 15.2. The average molecular weight is 296 g/mol. The minimum absolute atomic E-state index is 0.133. The van der Waals surface area contributed by atoms with E-state index in [1.54, 1.807) is 20.8 Å². The summed E-state index contributed by atoms with van der Waals surface area (Å²) in [6.07, 6.45) is 0. The Morgan fingerprint density at radius 1 is 1.33 bits per heavy atom. The summed E-state index contributed by atoms with van der Waals surface area (Å²) in [6, 6.07) is 2.82. The molecule has 0 radical (unpaired) electrons. The van der Waals surface area contributed by atoms with Crippen LogP contribution in [0, 0.1) is 21.7 Å². The van der Waals surface area contributed by atoms with Crippen molar-refractivity contribution in [3.8, 4) is 5.69 Å². The zero-order valence-corrected chi connectivity index (χ0v) is 11.7. The first-order chi connectivity index (χ1) is 9.62. The van der Waals surface area contributed by atoms with Gasteiger partial charge in [-0.3, -0.25) is 10.1 Å². The molecule has 0 aliphatic rings. The second-order valence-corrected chi connectivity index (χ2v) is 5.60. The summed E-state index contributed by atoms with van der Waals surface area (Å²) in [4.78, 5) is 10.5. The Morgan fingerprint density at radius 2 is 1.95 bits per heavy atom. The van der Waals surface area contributed by atoms with Gasteiger partial charge in [-0.15, -0.1) is 0 Å². The van der Waals surface area contributed by atoms with Crippen molar-refractivity contribution in [2.24, 2.45) is 0 Å². The van der Waals surface area contributed by atoms with E-state index in [-0.39, 0.29) is 22.9 Å².